The Labute approximate surface area is 72.1 Å². The number of nitrogens with zero attached hydrogens (tertiary/aromatic N) is 1. The lowest BCUT2D eigenvalue weighted by atomic mass is 9.90. The quantitative estimate of drug-likeness (QED) is 0.633. The van der Waals surface area contributed by atoms with Crippen molar-refractivity contribution in [2.75, 3.05) is 0 Å². The number of nitrogens with two attached hydrogens (primary N) is 1. The summed E-state index contributed by atoms with van der Waals surface area (Å²) in [5.74, 6) is 0. The van der Waals surface area contributed by atoms with Gasteiger partial charge < -0.3 is 5.73 Å². The smallest absolute Gasteiger partial charge is 0.0480 e. The molecule has 1 aromatic rings. The van der Waals surface area contributed by atoms with Gasteiger partial charge in [0.25, 0.3) is 0 Å². The van der Waals surface area contributed by atoms with E-state index in [0.717, 1.165) is 12.8 Å². The maximum absolute atomic E-state index is 6.19. The molecular weight excluding hydrogens is 148 g/mol. The molecule has 62 valence electrons. The third kappa shape index (κ3) is 1.14. The number of hydrogen-bond acceptors (Lipinski definition) is 2. The molecule has 0 bridgehead atoms. The summed E-state index contributed by atoms with van der Waals surface area (Å²) in [6.07, 6.45) is 9.75. The number of pyridine rings is 1. The van der Waals surface area contributed by atoms with Crippen LogP contribution in [0.4, 0.5) is 0 Å². The predicted molar refractivity (Wildman–Crippen MR) is 48.5 cm³/mol. The molecule has 0 amide bonds. The lowest BCUT2D eigenvalue weighted by Gasteiger charge is -2.23. The van der Waals surface area contributed by atoms with Gasteiger partial charge >= 0.3 is 0 Å². The van der Waals surface area contributed by atoms with E-state index in [0.29, 0.717) is 0 Å². The highest BCUT2D eigenvalue weighted by molar-refractivity contribution is 5.26. The average Bonchev–Trinajstić information content (AvgIpc) is 2.55. The van der Waals surface area contributed by atoms with E-state index in [9.17, 15) is 0 Å². The summed E-state index contributed by atoms with van der Waals surface area (Å²) in [7, 11) is 0. The van der Waals surface area contributed by atoms with Crippen molar-refractivity contribution >= 4 is 0 Å². The Balaban J connectivity index is 2.31. The van der Waals surface area contributed by atoms with Crippen molar-refractivity contribution in [3.05, 3.63) is 42.2 Å². The first-order chi connectivity index (χ1) is 5.81. The molecule has 0 saturated carbocycles. The summed E-state index contributed by atoms with van der Waals surface area (Å²) in [6, 6.07) is 3.99. The highest BCUT2D eigenvalue weighted by atomic mass is 14.7. The third-order valence-electron chi connectivity index (χ3n) is 2.39. The van der Waals surface area contributed by atoms with Crippen LogP contribution in [0, 0.1) is 0 Å². The highest BCUT2D eigenvalue weighted by Crippen LogP contribution is 2.30. The molecule has 1 aliphatic rings. The van der Waals surface area contributed by atoms with Gasteiger partial charge in [-0.1, -0.05) is 12.2 Å². The largest absolute Gasteiger partial charge is 0.321 e. The van der Waals surface area contributed by atoms with E-state index in [1.54, 1.807) is 12.4 Å². The van der Waals surface area contributed by atoms with E-state index in [-0.39, 0.29) is 5.54 Å². The monoisotopic (exact) mass is 160 g/mol. The summed E-state index contributed by atoms with van der Waals surface area (Å²) < 4.78 is 0. The van der Waals surface area contributed by atoms with Crippen molar-refractivity contribution in [2.24, 2.45) is 5.73 Å². The Hall–Kier alpha value is -1.15. The van der Waals surface area contributed by atoms with Crippen molar-refractivity contribution in [3.63, 3.8) is 0 Å². The van der Waals surface area contributed by atoms with Gasteiger partial charge in [-0.25, -0.2) is 0 Å². The predicted octanol–water partition coefficient (Wildman–Crippen LogP) is 1.59. The first kappa shape index (κ1) is 7.50. The molecule has 2 N–H and O–H groups in total. The first-order valence-corrected chi connectivity index (χ1v) is 4.16. The van der Waals surface area contributed by atoms with Crippen LogP contribution in [0.2, 0.25) is 0 Å². The zero-order chi connectivity index (χ0) is 8.44. The van der Waals surface area contributed by atoms with Crippen LogP contribution in [0.15, 0.2) is 36.7 Å². The van der Waals surface area contributed by atoms with E-state index in [2.05, 4.69) is 17.1 Å². The van der Waals surface area contributed by atoms with Crippen molar-refractivity contribution in [1.82, 2.24) is 4.98 Å². The van der Waals surface area contributed by atoms with Crippen LogP contribution >= 0.6 is 0 Å². The molecule has 0 spiro atoms. The van der Waals surface area contributed by atoms with Crippen molar-refractivity contribution in [2.45, 2.75) is 18.4 Å². The fraction of sp³-hybridized carbons (Fsp3) is 0.300. The van der Waals surface area contributed by atoms with Crippen molar-refractivity contribution in [1.29, 1.82) is 0 Å². The summed E-state index contributed by atoms with van der Waals surface area (Å²) in [5.41, 5.74) is 7.21. The minimum absolute atomic E-state index is 0.164. The van der Waals surface area contributed by atoms with Crippen molar-refractivity contribution in [3.8, 4) is 0 Å². The number of rotatable bonds is 1. The number of hydrogen-bond donors (Lipinski definition) is 1. The molecule has 12 heavy (non-hydrogen) atoms. The third-order valence-corrected chi connectivity index (χ3v) is 2.39. The average molecular weight is 160 g/mol. The fourth-order valence-electron chi connectivity index (χ4n) is 1.59. The van der Waals surface area contributed by atoms with Crippen LogP contribution in [0.5, 0.6) is 0 Å². The molecule has 0 radical (unpaired) electrons. The molecule has 0 unspecified atom stereocenters. The van der Waals surface area contributed by atoms with Gasteiger partial charge in [-0.3, -0.25) is 4.98 Å². The zero-order valence-corrected chi connectivity index (χ0v) is 6.90. The second-order valence-electron chi connectivity index (χ2n) is 3.27. The van der Waals surface area contributed by atoms with Gasteiger partial charge in [0.05, 0.1) is 0 Å². The van der Waals surface area contributed by atoms with Crippen LogP contribution in [-0.4, -0.2) is 4.98 Å². The Morgan fingerprint density at radius 3 is 2.33 bits per heavy atom. The normalized spacial score (nSPS) is 19.8. The van der Waals surface area contributed by atoms with E-state index in [1.165, 1.54) is 5.56 Å². The second kappa shape index (κ2) is 2.72. The van der Waals surface area contributed by atoms with Gasteiger partial charge in [-0.05, 0) is 30.5 Å². The van der Waals surface area contributed by atoms with Crippen LogP contribution < -0.4 is 5.73 Å². The molecule has 2 nitrogen and oxygen atoms in total. The van der Waals surface area contributed by atoms with Gasteiger partial charge in [-0.2, -0.15) is 0 Å². The van der Waals surface area contributed by atoms with Crippen LogP contribution in [0.1, 0.15) is 18.4 Å². The molecule has 1 heterocycles. The van der Waals surface area contributed by atoms with Gasteiger partial charge in [0.2, 0.25) is 0 Å². The molecule has 0 atom stereocenters. The number of aromatic nitrogens is 1. The van der Waals surface area contributed by atoms with Crippen molar-refractivity contribution < 1.29 is 0 Å². The van der Waals surface area contributed by atoms with Crippen LogP contribution in [0.25, 0.3) is 0 Å². The second-order valence-corrected chi connectivity index (χ2v) is 3.27. The van der Waals surface area contributed by atoms with Gasteiger partial charge in [0.1, 0.15) is 0 Å². The Morgan fingerprint density at radius 1 is 1.17 bits per heavy atom. The maximum atomic E-state index is 6.19. The topological polar surface area (TPSA) is 38.9 Å². The molecule has 1 aromatic heterocycles. The summed E-state index contributed by atoms with van der Waals surface area (Å²) in [4.78, 5) is 3.97. The summed E-state index contributed by atoms with van der Waals surface area (Å²) in [5, 5.41) is 0. The van der Waals surface area contributed by atoms with Gasteiger partial charge in [0, 0.05) is 17.9 Å². The maximum Gasteiger partial charge on any atom is 0.0480 e. The molecule has 0 fully saturated rings. The Kier molecular flexibility index (Phi) is 1.70. The summed E-state index contributed by atoms with van der Waals surface area (Å²) >= 11 is 0. The standard InChI is InChI=1S/C10H12N2/c11-10(5-1-2-6-10)9-3-7-12-8-4-9/h1-4,7-8H,5-6,11H2. The summed E-state index contributed by atoms with van der Waals surface area (Å²) in [6.45, 7) is 0. The van der Waals surface area contributed by atoms with E-state index >= 15 is 0 Å². The van der Waals surface area contributed by atoms with Gasteiger partial charge in [-0.15, -0.1) is 0 Å². The molecule has 2 rings (SSSR count). The molecule has 2 heteroatoms. The molecule has 1 aliphatic carbocycles. The first-order valence-electron chi connectivity index (χ1n) is 4.16. The van der Waals surface area contributed by atoms with Gasteiger partial charge in [0.15, 0.2) is 0 Å². The highest BCUT2D eigenvalue weighted by Gasteiger charge is 2.27. The fourth-order valence-corrected chi connectivity index (χ4v) is 1.59. The molecular formula is C10H12N2. The molecule has 0 saturated heterocycles. The SMILES string of the molecule is NC1(c2ccncc2)CC=CC1. The van der Waals surface area contributed by atoms with Crippen LogP contribution in [-0.2, 0) is 5.54 Å². The van der Waals surface area contributed by atoms with E-state index < -0.39 is 0 Å². The van der Waals surface area contributed by atoms with Crippen LogP contribution in [0.3, 0.4) is 0 Å². The van der Waals surface area contributed by atoms with E-state index in [1.807, 2.05) is 12.1 Å². The lowest BCUT2D eigenvalue weighted by molar-refractivity contribution is 0.480. The molecule has 0 aliphatic heterocycles. The Morgan fingerprint density at radius 2 is 1.75 bits per heavy atom. The minimum atomic E-state index is -0.164. The van der Waals surface area contributed by atoms with E-state index in [4.69, 9.17) is 5.73 Å². The minimum Gasteiger partial charge on any atom is -0.321 e. The lowest BCUT2D eigenvalue weighted by Crippen LogP contribution is -2.33. The molecule has 0 aromatic carbocycles. The zero-order valence-electron chi connectivity index (χ0n) is 6.90. The Bertz CT molecular complexity index is 282.